The molecular formula is C56H44N2. The Morgan fingerprint density at radius 2 is 0.983 bits per heavy atom. The minimum absolute atomic E-state index is 0.172. The van der Waals surface area contributed by atoms with Gasteiger partial charge in [-0.2, -0.15) is 0 Å². The molecule has 0 radical (unpaired) electrons. The summed E-state index contributed by atoms with van der Waals surface area (Å²) < 4.78 is 2.40. The van der Waals surface area contributed by atoms with Crippen molar-refractivity contribution in [3.63, 3.8) is 0 Å². The van der Waals surface area contributed by atoms with Crippen molar-refractivity contribution in [1.82, 2.24) is 4.57 Å². The summed E-state index contributed by atoms with van der Waals surface area (Å²) >= 11 is 0. The molecule has 1 heterocycles. The van der Waals surface area contributed by atoms with Crippen LogP contribution in [0, 0.1) is 23.7 Å². The lowest BCUT2D eigenvalue weighted by Gasteiger charge is -2.61. The predicted molar refractivity (Wildman–Crippen MR) is 242 cm³/mol. The summed E-state index contributed by atoms with van der Waals surface area (Å²) in [4.78, 5) is 2.44. The van der Waals surface area contributed by atoms with Gasteiger partial charge < -0.3 is 9.47 Å². The van der Waals surface area contributed by atoms with Crippen LogP contribution in [-0.2, 0) is 5.41 Å². The van der Waals surface area contributed by atoms with Crippen molar-refractivity contribution >= 4 is 49.6 Å². The van der Waals surface area contributed by atoms with Crippen molar-refractivity contribution < 1.29 is 0 Å². The van der Waals surface area contributed by atoms with Gasteiger partial charge >= 0.3 is 0 Å². The van der Waals surface area contributed by atoms with Crippen LogP contribution >= 0.6 is 0 Å². The number of benzene rings is 8. The summed E-state index contributed by atoms with van der Waals surface area (Å²) in [6.07, 6.45) is 7.10. The van der Waals surface area contributed by atoms with E-state index >= 15 is 0 Å². The highest BCUT2D eigenvalue weighted by Crippen LogP contribution is 2.69. The van der Waals surface area contributed by atoms with Gasteiger partial charge in [-0.15, -0.1) is 0 Å². The van der Waals surface area contributed by atoms with Crippen molar-refractivity contribution in [2.24, 2.45) is 23.7 Å². The Morgan fingerprint density at radius 1 is 0.431 bits per heavy atom. The molecule has 0 N–H and O–H groups in total. The maximum atomic E-state index is 2.61. The highest BCUT2D eigenvalue weighted by Gasteiger charge is 2.61. The van der Waals surface area contributed by atoms with Gasteiger partial charge in [0.25, 0.3) is 0 Å². The maximum Gasteiger partial charge on any atom is 0.0541 e. The lowest BCUT2D eigenvalue weighted by atomic mass is 9.43. The third-order valence-electron chi connectivity index (χ3n) is 15.0. The van der Waals surface area contributed by atoms with Gasteiger partial charge in [0.15, 0.2) is 0 Å². The fraction of sp³-hybridized carbons (Fsp3) is 0.179. The van der Waals surface area contributed by atoms with Gasteiger partial charge in [0.1, 0.15) is 0 Å². The van der Waals surface area contributed by atoms with Crippen LogP contribution in [0.2, 0.25) is 0 Å². The zero-order valence-corrected chi connectivity index (χ0v) is 32.6. The normalized spacial score (nSPS) is 22.6. The summed E-state index contributed by atoms with van der Waals surface area (Å²) in [7, 11) is 0. The molecule has 0 aliphatic heterocycles. The van der Waals surface area contributed by atoms with E-state index in [-0.39, 0.29) is 5.41 Å². The van der Waals surface area contributed by atoms with Crippen LogP contribution < -0.4 is 4.90 Å². The fourth-order valence-electron chi connectivity index (χ4n) is 12.9. The Hall–Kier alpha value is -6.38. The molecule has 278 valence electrons. The molecule has 1 aromatic heterocycles. The second-order valence-corrected chi connectivity index (χ2v) is 17.7. The number of hydrogen-bond donors (Lipinski definition) is 0. The van der Waals surface area contributed by atoms with E-state index in [1.165, 1.54) is 92.6 Å². The summed E-state index contributed by atoms with van der Waals surface area (Å²) in [6, 6.07) is 68.3. The van der Waals surface area contributed by atoms with Gasteiger partial charge in [0, 0.05) is 38.6 Å². The number of rotatable bonds is 5. The fourth-order valence-corrected chi connectivity index (χ4v) is 12.9. The van der Waals surface area contributed by atoms with Crippen molar-refractivity contribution in [3.8, 4) is 27.9 Å². The molecule has 4 saturated carbocycles. The van der Waals surface area contributed by atoms with Crippen LogP contribution in [0.15, 0.2) is 182 Å². The number of fused-ring (bicyclic) bond motifs is 7. The number of para-hydroxylation sites is 2. The van der Waals surface area contributed by atoms with Crippen molar-refractivity contribution in [2.75, 3.05) is 4.90 Å². The zero-order valence-electron chi connectivity index (χ0n) is 32.6. The lowest BCUT2D eigenvalue weighted by molar-refractivity contribution is -0.0399. The van der Waals surface area contributed by atoms with Gasteiger partial charge in [-0.3, -0.25) is 0 Å². The first-order chi connectivity index (χ1) is 28.7. The summed E-state index contributed by atoms with van der Waals surface area (Å²) in [6.45, 7) is 0. The number of nitrogens with zero attached hydrogens (tertiary/aromatic N) is 2. The first-order valence-corrected chi connectivity index (χ1v) is 21.4. The molecule has 0 unspecified atom stereocenters. The third-order valence-corrected chi connectivity index (χ3v) is 15.0. The molecule has 4 bridgehead atoms. The highest BCUT2D eigenvalue weighted by atomic mass is 15.1. The SMILES string of the molecule is c1ccc2c(c1)-c1ccc(-c3ccc(N(c4ccc(-n5c6ccccc6c6ccccc65)cc4)c4cccc5ccccc45)cc3)cc1C21C2CC3CC(C2)CC1C3. The highest BCUT2D eigenvalue weighted by molar-refractivity contribution is 6.09. The van der Waals surface area contributed by atoms with Crippen LogP contribution in [0.3, 0.4) is 0 Å². The van der Waals surface area contributed by atoms with E-state index in [0.29, 0.717) is 0 Å². The average molecular weight is 745 g/mol. The Labute approximate surface area is 340 Å². The zero-order chi connectivity index (χ0) is 38.0. The quantitative estimate of drug-likeness (QED) is 0.170. The van der Waals surface area contributed by atoms with Gasteiger partial charge in [0.05, 0.1) is 16.7 Å². The van der Waals surface area contributed by atoms with Gasteiger partial charge in [-0.05, 0) is 155 Å². The van der Waals surface area contributed by atoms with Crippen LogP contribution in [0.5, 0.6) is 0 Å². The topological polar surface area (TPSA) is 8.17 Å². The average Bonchev–Trinajstić information content (AvgIpc) is 3.77. The molecule has 2 heteroatoms. The van der Waals surface area contributed by atoms with Gasteiger partial charge in [-0.25, -0.2) is 0 Å². The van der Waals surface area contributed by atoms with E-state index in [1.54, 1.807) is 11.1 Å². The van der Waals surface area contributed by atoms with E-state index in [0.717, 1.165) is 40.7 Å². The molecule has 1 spiro atoms. The summed E-state index contributed by atoms with van der Waals surface area (Å²) in [5, 5.41) is 5.03. The number of hydrogen-bond acceptors (Lipinski definition) is 1. The molecule has 0 amide bonds. The molecule has 14 rings (SSSR count). The van der Waals surface area contributed by atoms with E-state index in [2.05, 4.69) is 191 Å². The van der Waals surface area contributed by atoms with E-state index in [9.17, 15) is 0 Å². The molecule has 58 heavy (non-hydrogen) atoms. The second kappa shape index (κ2) is 12.3. The summed E-state index contributed by atoms with van der Waals surface area (Å²) in [5.74, 6) is 3.41. The van der Waals surface area contributed by atoms with Crippen molar-refractivity contribution in [3.05, 3.63) is 193 Å². The predicted octanol–water partition coefficient (Wildman–Crippen LogP) is 14.8. The van der Waals surface area contributed by atoms with Gasteiger partial charge in [-0.1, -0.05) is 121 Å². The molecule has 8 aromatic carbocycles. The van der Waals surface area contributed by atoms with Crippen LogP contribution in [0.4, 0.5) is 17.1 Å². The third kappa shape index (κ3) is 4.55. The minimum atomic E-state index is 0.172. The Bertz CT molecular complexity index is 2990. The van der Waals surface area contributed by atoms with Crippen molar-refractivity contribution in [2.45, 2.75) is 37.5 Å². The second-order valence-electron chi connectivity index (χ2n) is 17.7. The first-order valence-electron chi connectivity index (χ1n) is 21.4. The molecular weight excluding hydrogens is 701 g/mol. The van der Waals surface area contributed by atoms with Crippen LogP contribution in [0.1, 0.15) is 43.2 Å². The van der Waals surface area contributed by atoms with Crippen molar-refractivity contribution in [1.29, 1.82) is 0 Å². The largest absolute Gasteiger partial charge is 0.310 e. The first kappa shape index (κ1) is 32.7. The Morgan fingerprint density at radius 3 is 1.69 bits per heavy atom. The maximum absolute atomic E-state index is 2.61. The van der Waals surface area contributed by atoms with Crippen LogP contribution in [0.25, 0.3) is 60.5 Å². The molecule has 9 aromatic rings. The molecule has 0 saturated heterocycles. The van der Waals surface area contributed by atoms with Crippen LogP contribution in [-0.4, -0.2) is 4.57 Å². The minimum Gasteiger partial charge on any atom is -0.310 e. The van der Waals surface area contributed by atoms with E-state index in [4.69, 9.17) is 0 Å². The van der Waals surface area contributed by atoms with E-state index in [1.807, 2.05) is 0 Å². The lowest BCUT2D eigenvalue weighted by Crippen LogP contribution is -2.55. The van der Waals surface area contributed by atoms with Gasteiger partial charge in [0.2, 0.25) is 0 Å². The number of aromatic nitrogens is 1. The standard InChI is InChI=1S/C56H44N2/c1-2-12-46-39(10-1)11-9-19-53(46)57(44-25-27-45(28-26-44)58-54-17-7-4-14-49(54)50-15-5-8-18-55(50)58)43-23-20-38(21-24-43)40-22-29-48-47-13-3-6-16-51(47)56(52(48)35-40)41-31-36-30-37(33-41)34-42(56)32-36/h1-29,35-37,41-42H,30-34H2. The molecule has 5 aliphatic rings. The Kier molecular flexibility index (Phi) is 6.94. The smallest absolute Gasteiger partial charge is 0.0541 e. The molecule has 4 fully saturated rings. The molecule has 5 aliphatic carbocycles. The summed E-state index contributed by atoms with van der Waals surface area (Å²) in [5.41, 5.74) is 16.1. The Balaban J connectivity index is 0.916. The molecule has 2 nitrogen and oxygen atoms in total. The monoisotopic (exact) mass is 744 g/mol. The molecule has 0 atom stereocenters. The number of anilines is 3. The van der Waals surface area contributed by atoms with E-state index < -0.39 is 0 Å².